The standard InChI is InChI=1S/C11H13BrClFN2S/c1-6(2)5-15-11(17)16-10-8(12)3-7(14)4-9(10)13/h3-4,6H,5H2,1-2H3,(H2,15,16,17). The van der Waals surface area contributed by atoms with Gasteiger partial charge in [-0.25, -0.2) is 4.39 Å². The van der Waals surface area contributed by atoms with E-state index in [1.807, 2.05) is 0 Å². The van der Waals surface area contributed by atoms with Gasteiger partial charge in [0.15, 0.2) is 5.11 Å². The van der Waals surface area contributed by atoms with Crippen molar-refractivity contribution in [3.8, 4) is 0 Å². The van der Waals surface area contributed by atoms with Gasteiger partial charge in [0, 0.05) is 11.0 Å². The molecule has 0 aromatic heterocycles. The Morgan fingerprint density at radius 3 is 2.71 bits per heavy atom. The molecule has 0 aliphatic heterocycles. The summed E-state index contributed by atoms with van der Waals surface area (Å²) in [5, 5.41) is 6.73. The fraction of sp³-hybridized carbons (Fsp3) is 0.364. The summed E-state index contributed by atoms with van der Waals surface area (Å²) in [6.45, 7) is 4.93. The zero-order valence-electron chi connectivity index (χ0n) is 9.48. The van der Waals surface area contributed by atoms with Gasteiger partial charge in [-0.3, -0.25) is 0 Å². The average molecular weight is 340 g/mol. The molecule has 0 heterocycles. The van der Waals surface area contributed by atoms with Crippen molar-refractivity contribution in [2.75, 3.05) is 11.9 Å². The van der Waals surface area contributed by atoms with Crippen LogP contribution in [0.1, 0.15) is 13.8 Å². The first-order chi connectivity index (χ1) is 7.90. The molecule has 0 amide bonds. The Morgan fingerprint density at radius 1 is 1.53 bits per heavy atom. The summed E-state index contributed by atoms with van der Waals surface area (Å²) in [7, 11) is 0. The summed E-state index contributed by atoms with van der Waals surface area (Å²) in [6, 6.07) is 2.57. The first kappa shape index (κ1) is 14.7. The smallest absolute Gasteiger partial charge is 0.170 e. The summed E-state index contributed by atoms with van der Waals surface area (Å²) < 4.78 is 13.5. The molecule has 94 valence electrons. The molecule has 0 fully saturated rings. The van der Waals surface area contributed by atoms with E-state index in [0.717, 1.165) is 6.54 Å². The molecule has 0 aliphatic rings. The maximum absolute atomic E-state index is 13.0. The largest absolute Gasteiger partial charge is 0.362 e. The molecule has 2 nitrogen and oxygen atoms in total. The molecule has 0 unspecified atom stereocenters. The Labute approximate surface area is 119 Å². The van der Waals surface area contributed by atoms with Crippen molar-refractivity contribution >= 4 is 50.5 Å². The summed E-state index contributed by atoms with van der Waals surface area (Å²) >= 11 is 14.3. The minimum atomic E-state index is -0.395. The van der Waals surface area contributed by atoms with E-state index >= 15 is 0 Å². The van der Waals surface area contributed by atoms with Crippen molar-refractivity contribution in [3.63, 3.8) is 0 Å². The highest BCUT2D eigenvalue weighted by Gasteiger charge is 2.09. The lowest BCUT2D eigenvalue weighted by Gasteiger charge is -2.14. The predicted octanol–water partition coefficient (Wildman–Crippen LogP) is 4.18. The number of anilines is 1. The minimum Gasteiger partial charge on any atom is -0.362 e. The van der Waals surface area contributed by atoms with Crippen molar-refractivity contribution in [1.29, 1.82) is 0 Å². The number of nitrogens with one attached hydrogen (secondary N) is 2. The van der Waals surface area contributed by atoms with Crippen LogP contribution >= 0.6 is 39.7 Å². The Hall–Kier alpha value is -0.390. The lowest BCUT2D eigenvalue weighted by molar-refractivity contribution is 0.626. The van der Waals surface area contributed by atoms with E-state index in [0.29, 0.717) is 21.2 Å². The maximum Gasteiger partial charge on any atom is 0.170 e. The van der Waals surface area contributed by atoms with E-state index in [-0.39, 0.29) is 5.02 Å². The molecule has 0 radical (unpaired) electrons. The van der Waals surface area contributed by atoms with Crippen molar-refractivity contribution < 1.29 is 4.39 Å². The molecule has 1 aromatic rings. The number of rotatable bonds is 3. The zero-order valence-corrected chi connectivity index (χ0v) is 12.6. The van der Waals surface area contributed by atoms with Gasteiger partial charge in [-0.2, -0.15) is 0 Å². The monoisotopic (exact) mass is 338 g/mol. The van der Waals surface area contributed by atoms with Crippen LogP contribution in [0.15, 0.2) is 16.6 Å². The Morgan fingerprint density at radius 2 is 2.18 bits per heavy atom. The van der Waals surface area contributed by atoms with Crippen LogP contribution in [0.5, 0.6) is 0 Å². The highest BCUT2D eigenvalue weighted by Crippen LogP contribution is 2.31. The van der Waals surface area contributed by atoms with Gasteiger partial charge >= 0.3 is 0 Å². The van der Waals surface area contributed by atoms with Crippen LogP contribution in [0.2, 0.25) is 5.02 Å². The van der Waals surface area contributed by atoms with Crippen LogP contribution in [0, 0.1) is 11.7 Å². The molecule has 17 heavy (non-hydrogen) atoms. The van der Waals surface area contributed by atoms with Crippen molar-refractivity contribution in [3.05, 3.63) is 27.4 Å². The molecular formula is C11H13BrClFN2S. The Bertz CT molecular complexity index is 403. The minimum absolute atomic E-state index is 0.283. The fourth-order valence-corrected chi connectivity index (χ4v) is 2.20. The summed E-state index contributed by atoms with van der Waals surface area (Å²) in [6.07, 6.45) is 0. The van der Waals surface area contributed by atoms with Gasteiger partial charge in [0.05, 0.1) is 10.7 Å². The zero-order chi connectivity index (χ0) is 13.0. The number of hydrogen-bond acceptors (Lipinski definition) is 1. The molecular weight excluding hydrogens is 327 g/mol. The van der Waals surface area contributed by atoms with Gasteiger partial charge < -0.3 is 10.6 Å². The van der Waals surface area contributed by atoms with E-state index in [4.69, 9.17) is 23.8 Å². The second-order valence-electron chi connectivity index (χ2n) is 3.97. The second kappa shape index (κ2) is 6.52. The van der Waals surface area contributed by atoms with Crippen LogP contribution in [-0.4, -0.2) is 11.7 Å². The van der Waals surface area contributed by atoms with Gasteiger partial charge in [0.1, 0.15) is 5.82 Å². The van der Waals surface area contributed by atoms with E-state index < -0.39 is 5.82 Å². The highest BCUT2D eigenvalue weighted by atomic mass is 79.9. The molecule has 0 atom stereocenters. The van der Waals surface area contributed by atoms with Gasteiger partial charge in [0.25, 0.3) is 0 Å². The van der Waals surface area contributed by atoms with Gasteiger partial charge in [-0.15, -0.1) is 0 Å². The summed E-state index contributed by atoms with van der Waals surface area (Å²) in [5.74, 6) is 0.0929. The summed E-state index contributed by atoms with van der Waals surface area (Å²) in [5.41, 5.74) is 0.564. The van der Waals surface area contributed by atoms with Crippen molar-refractivity contribution in [1.82, 2.24) is 5.32 Å². The van der Waals surface area contributed by atoms with E-state index in [2.05, 4.69) is 40.4 Å². The van der Waals surface area contributed by atoms with Crippen LogP contribution < -0.4 is 10.6 Å². The van der Waals surface area contributed by atoms with E-state index in [9.17, 15) is 4.39 Å². The van der Waals surface area contributed by atoms with E-state index in [1.165, 1.54) is 12.1 Å². The first-order valence-electron chi connectivity index (χ1n) is 5.09. The molecule has 0 spiro atoms. The molecule has 0 bridgehead atoms. The third kappa shape index (κ3) is 4.77. The second-order valence-corrected chi connectivity index (χ2v) is 5.64. The molecule has 2 N–H and O–H groups in total. The maximum atomic E-state index is 13.0. The van der Waals surface area contributed by atoms with Crippen LogP contribution in [0.4, 0.5) is 10.1 Å². The first-order valence-corrected chi connectivity index (χ1v) is 6.67. The topological polar surface area (TPSA) is 24.1 Å². The third-order valence-electron chi connectivity index (χ3n) is 1.92. The van der Waals surface area contributed by atoms with Gasteiger partial charge in [-0.05, 0) is 46.2 Å². The molecule has 1 rings (SSSR count). The predicted molar refractivity (Wildman–Crippen MR) is 78.2 cm³/mol. The van der Waals surface area contributed by atoms with Crippen LogP contribution in [-0.2, 0) is 0 Å². The number of halogens is 3. The third-order valence-corrected chi connectivity index (χ3v) is 3.09. The highest BCUT2D eigenvalue weighted by molar-refractivity contribution is 9.10. The normalized spacial score (nSPS) is 10.5. The van der Waals surface area contributed by atoms with Crippen molar-refractivity contribution in [2.24, 2.45) is 5.92 Å². The lowest BCUT2D eigenvalue weighted by Crippen LogP contribution is -2.31. The number of hydrogen-bond donors (Lipinski definition) is 2. The molecule has 0 aliphatic carbocycles. The summed E-state index contributed by atoms with van der Waals surface area (Å²) in [4.78, 5) is 0. The SMILES string of the molecule is CC(C)CNC(=S)Nc1c(Cl)cc(F)cc1Br. The lowest BCUT2D eigenvalue weighted by atomic mass is 10.2. The number of benzene rings is 1. The van der Waals surface area contributed by atoms with E-state index in [1.54, 1.807) is 0 Å². The number of thiocarbonyl (C=S) groups is 1. The Balaban J connectivity index is 2.72. The van der Waals surface area contributed by atoms with Crippen LogP contribution in [0.25, 0.3) is 0 Å². The quantitative estimate of drug-likeness (QED) is 0.808. The van der Waals surface area contributed by atoms with Crippen LogP contribution in [0.3, 0.4) is 0 Å². The van der Waals surface area contributed by atoms with Crippen molar-refractivity contribution in [2.45, 2.75) is 13.8 Å². The molecule has 0 saturated heterocycles. The molecule has 1 aromatic carbocycles. The van der Waals surface area contributed by atoms with Gasteiger partial charge in [-0.1, -0.05) is 25.4 Å². The average Bonchev–Trinajstić information content (AvgIpc) is 2.20. The molecule has 0 saturated carbocycles. The fourth-order valence-electron chi connectivity index (χ4n) is 1.12. The Kier molecular flexibility index (Phi) is 5.62. The van der Waals surface area contributed by atoms with Gasteiger partial charge in [0.2, 0.25) is 0 Å². The molecule has 6 heteroatoms.